The van der Waals surface area contributed by atoms with Gasteiger partial charge in [0, 0.05) is 29.9 Å². The Morgan fingerprint density at radius 2 is 2.08 bits per heavy atom. The molecule has 26 heavy (non-hydrogen) atoms. The first-order valence-corrected chi connectivity index (χ1v) is 11.8. The maximum atomic E-state index is 13.6. The van der Waals surface area contributed by atoms with Crippen molar-refractivity contribution in [2.24, 2.45) is 4.99 Å². The van der Waals surface area contributed by atoms with Crippen LogP contribution in [0, 0.1) is 0 Å². The molecule has 0 aromatic carbocycles. The second kappa shape index (κ2) is 10.3. The summed E-state index contributed by atoms with van der Waals surface area (Å²) < 4.78 is 0. The van der Waals surface area contributed by atoms with Crippen molar-refractivity contribution in [3.05, 3.63) is 11.6 Å². The minimum absolute atomic E-state index is 0.0801. The van der Waals surface area contributed by atoms with Gasteiger partial charge in [0.05, 0.1) is 6.54 Å². The SMILES string of the molecule is CCCCCCN(C(=O)N(C1=NCCS1)c1nccs1)C1CCCCC1. The minimum Gasteiger partial charge on any atom is -0.321 e. The van der Waals surface area contributed by atoms with Crippen molar-refractivity contribution in [3.8, 4) is 0 Å². The maximum absolute atomic E-state index is 13.6. The number of hydrogen-bond acceptors (Lipinski definition) is 5. The van der Waals surface area contributed by atoms with Gasteiger partial charge < -0.3 is 4.90 Å². The average molecular weight is 395 g/mol. The van der Waals surface area contributed by atoms with E-state index in [0.29, 0.717) is 6.04 Å². The lowest BCUT2D eigenvalue weighted by Crippen LogP contribution is -2.50. The Balaban J connectivity index is 1.78. The van der Waals surface area contributed by atoms with Gasteiger partial charge in [0.1, 0.15) is 0 Å². The topological polar surface area (TPSA) is 48.8 Å². The number of thioether (sulfide) groups is 1. The molecule has 0 N–H and O–H groups in total. The van der Waals surface area contributed by atoms with E-state index in [1.54, 1.807) is 22.9 Å². The third kappa shape index (κ3) is 5.00. The van der Waals surface area contributed by atoms with Crippen LogP contribution in [0.2, 0.25) is 0 Å². The van der Waals surface area contributed by atoms with Crippen LogP contribution in [-0.2, 0) is 0 Å². The van der Waals surface area contributed by atoms with Gasteiger partial charge >= 0.3 is 6.03 Å². The summed E-state index contributed by atoms with van der Waals surface area (Å²) in [5.74, 6) is 0.949. The van der Waals surface area contributed by atoms with E-state index in [1.807, 2.05) is 5.38 Å². The number of nitrogens with zero attached hydrogens (tertiary/aromatic N) is 4. The van der Waals surface area contributed by atoms with Crippen LogP contribution < -0.4 is 4.90 Å². The highest BCUT2D eigenvalue weighted by atomic mass is 32.2. The molecule has 0 spiro atoms. The van der Waals surface area contributed by atoms with Crippen molar-refractivity contribution < 1.29 is 4.79 Å². The molecule has 2 aliphatic rings. The number of hydrogen-bond donors (Lipinski definition) is 0. The zero-order valence-corrected chi connectivity index (χ0v) is 17.4. The van der Waals surface area contributed by atoms with Crippen molar-refractivity contribution in [3.63, 3.8) is 0 Å². The number of amides is 2. The summed E-state index contributed by atoms with van der Waals surface area (Å²) in [4.78, 5) is 26.5. The Bertz CT molecular complexity index is 584. The molecule has 0 saturated heterocycles. The number of urea groups is 1. The predicted molar refractivity (Wildman–Crippen MR) is 112 cm³/mol. The van der Waals surface area contributed by atoms with Crippen LogP contribution in [0.5, 0.6) is 0 Å². The molecule has 1 aromatic rings. The van der Waals surface area contributed by atoms with Crippen LogP contribution in [0.3, 0.4) is 0 Å². The number of anilines is 1. The molecule has 7 heteroatoms. The van der Waals surface area contributed by atoms with Gasteiger partial charge in [-0.25, -0.2) is 14.7 Å². The molecule has 1 fully saturated rings. The number of thiazole rings is 1. The second-order valence-electron chi connectivity index (χ2n) is 6.99. The Hall–Kier alpha value is -1.08. The predicted octanol–water partition coefficient (Wildman–Crippen LogP) is 5.39. The van der Waals surface area contributed by atoms with E-state index in [1.165, 1.54) is 49.9 Å². The summed E-state index contributed by atoms with van der Waals surface area (Å²) in [6, 6.07) is 0.448. The van der Waals surface area contributed by atoms with Crippen LogP contribution in [0.4, 0.5) is 9.93 Å². The van der Waals surface area contributed by atoms with Crippen molar-refractivity contribution in [2.75, 3.05) is 23.7 Å². The minimum atomic E-state index is 0.0801. The first kappa shape index (κ1) is 19.7. The lowest BCUT2D eigenvalue weighted by molar-refractivity contribution is 0.162. The van der Waals surface area contributed by atoms with E-state index in [0.717, 1.165) is 48.4 Å². The highest BCUT2D eigenvalue weighted by molar-refractivity contribution is 8.14. The van der Waals surface area contributed by atoms with Gasteiger partial charge in [0.15, 0.2) is 10.3 Å². The molecular formula is C19H30N4OS2. The van der Waals surface area contributed by atoms with Gasteiger partial charge in [-0.05, 0) is 19.3 Å². The fourth-order valence-electron chi connectivity index (χ4n) is 3.70. The van der Waals surface area contributed by atoms with Crippen molar-refractivity contribution in [2.45, 2.75) is 70.8 Å². The molecule has 3 rings (SSSR count). The van der Waals surface area contributed by atoms with Crippen LogP contribution in [0.15, 0.2) is 16.6 Å². The summed E-state index contributed by atoms with van der Waals surface area (Å²) in [5, 5.41) is 3.50. The van der Waals surface area contributed by atoms with Crippen LogP contribution >= 0.6 is 23.1 Å². The van der Waals surface area contributed by atoms with Crippen LogP contribution in [-0.4, -0.2) is 46.0 Å². The normalized spacial score (nSPS) is 18.0. The molecule has 2 heterocycles. The zero-order chi connectivity index (χ0) is 18.2. The maximum Gasteiger partial charge on any atom is 0.332 e. The van der Waals surface area contributed by atoms with Gasteiger partial charge in [-0.2, -0.15) is 0 Å². The zero-order valence-electron chi connectivity index (χ0n) is 15.7. The second-order valence-corrected chi connectivity index (χ2v) is 8.93. The summed E-state index contributed by atoms with van der Waals surface area (Å²) in [5.41, 5.74) is 0. The smallest absolute Gasteiger partial charge is 0.321 e. The number of amidine groups is 1. The number of aliphatic imine (C=N–C) groups is 1. The molecule has 2 amide bonds. The molecule has 144 valence electrons. The molecule has 0 unspecified atom stereocenters. The number of unbranched alkanes of at least 4 members (excludes halogenated alkanes) is 3. The van der Waals surface area contributed by atoms with E-state index in [4.69, 9.17) is 0 Å². The molecular weight excluding hydrogens is 364 g/mol. The molecule has 0 atom stereocenters. The van der Waals surface area contributed by atoms with Crippen LogP contribution in [0.25, 0.3) is 0 Å². The number of carbonyl (C=O) groups excluding carboxylic acids is 1. The number of aromatic nitrogens is 1. The Morgan fingerprint density at radius 3 is 2.73 bits per heavy atom. The van der Waals surface area contributed by atoms with Gasteiger partial charge in [-0.3, -0.25) is 4.99 Å². The summed E-state index contributed by atoms with van der Waals surface area (Å²) in [7, 11) is 0. The molecule has 0 bridgehead atoms. The van der Waals surface area contributed by atoms with Crippen LogP contribution in [0.1, 0.15) is 64.7 Å². The first-order valence-electron chi connectivity index (χ1n) is 9.98. The van der Waals surface area contributed by atoms with Gasteiger partial charge in [0.2, 0.25) is 0 Å². The van der Waals surface area contributed by atoms with Gasteiger partial charge in [-0.1, -0.05) is 57.2 Å². The Kier molecular flexibility index (Phi) is 7.80. The molecule has 5 nitrogen and oxygen atoms in total. The van der Waals surface area contributed by atoms with E-state index in [2.05, 4.69) is 21.8 Å². The van der Waals surface area contributed by atoms with E-state index in [-0.39, 0.29) is 6.03 Å². The molecule has 1 aliphatic carbocycles. The lowest BCUT2D eigenvalue weighted by atomic mass is 9.94. The van der Waals surface area contributed by atoms with Gasteiger partial charge in [0.25, 0.3) is 0 Å². The number of rotatable bonds is 7. The highest BCUT2D eigenvalue weighted by Crippen LogP contribution is 2.29. The Morgan fingerprint density at radius 1 is 1.23 bits per heavy atom. The average Bonchev–Trinajstić information content (AvgIpc) is 3.37. The van der Waals surface area contributed by atoms with Crippen molar-refractivity contribution >= 4 is 39.4 Å². The summed E-state index contributed by atoms with van der Waals surface area (Å²) in [6.45, 7) is 3.86. The third-order valence-corrected chi connectivity index (χ3v) is 6.79. The molecule has 1 aromatic heterocycles. The van der Waals surface area contributed by atoms with Gasteiger partial charge in [-0.15, -0.1) is 11.3 Å². The summed E-state index contributed by atoms with van der Waals surface area (Å²) >= 11 is 3.18. The molecule has 0 radical (unpaired) electrons. The van der Waals surface area contributed by atoms with E-state index < -0.39 is 0 Å². The standard InChI is InChI=1S/C19H30N4OS2/c1-2-3-4-8-13-22(16-9-6-5-7-10-16)19(24)23(17-20-11-14-25-17)18-21-12-15-26-18/h11,14,16H,2-10,12-13,15H2,1H3. The lowest BCUT2D eigenvalue weighted by Gasteiger charge is -2.37. The largest absolute Gasteiger partial charge is 0.332 e. The van der Waals surface area contributed by atoms with E-state index in [9.17, 15) is 4.79 Å². The third-order valence-electron chi connectivity index (χ3n) is 5.08. The van der Waals surface area contributed by atoms with Crippen molar-refractivity contribution in [1.29, 1.82) is 0 Å². The van der Waals surface area contributed by atoms with E-state index >= 15 is 0 Å². The fraction of sp³-hybridized carbons (Fsp3) is 0.737. The quantitative estimate of drug-likeness (QED) is 0.583. The summed E-state index contributed by atoms with van der Waals surface area (Å²) in [6.07, 6.45) is 12.5. The molecule has 1 aliphatic heterocycles. The highest BCUT2D eigenvalue weighted by Gasteiger charge is 2.34. The first-order chi connectivity index (χ1) is 12.8. The monoisotopic (exact) mass is 394 g/mol. The Labute approximate surface area is 165 Å². The molecule has 1 saturated carbocycles. The number of carbonyl (C=O) groups is 1. The van der Waals surface area contributed by atoms with Crippen molar-refractivity contribution in [1.82, 2.24) is 9.88 Å². The fourth-order valence-corrected chi connectivity index (χ4v) is 5.23.